The molecule has 0 aliphatic rings. The summed E-state index contributed by atoms with van der Waals surface area (Å²) in [5, 5.41) is 13.5. The summed E-state index contributed by atoms with van der Waals surface area (Å²) in [5.41, 5.74) is 0. The van der Waals surface area contributed by atoms with E-state index in [1.807, 2.05) is 6.92 Å². The van der Waals surface area contributed by atoms with E-state index < -0.39 is 12.0 Å². The first kappa shape index (κ1) is 25.2. The van der Waals surface area contributed by atoms with Crippen LogP contribution < -0.4 is 10.6 Å². The van der Waals surface area contributed by atoms with Crippen molar-refractivity contribution in [1.29, 1.82) is 0 Å². The molecule has 140 valence electrons. The van der Waals surface area contributed by atoms with Crippen LogP contribution >= 0.6 is 18.5 Å². The van der Waals surface area contributed by atoms with E-state index in [0.29, 0.717) is 6.16 Å². The number of hydrogen-bond donors (Lipinski definition) is 3. The van der Waals surface area contributed by atoms with Gasteiger partial charge < -0.3 is 15.7 Å². The Morgan fingerprint density at radius 1 is 0.833 bits per heavy atom. The standard InChI is InChI=1S/C8H16NO2P.C7H14NO3P/c1-5(4-12)8(11)9-6(2)7(3)10;1-4(3-12)6(9)8-5(2)7(10)11/h5-6H,4,12H2,1-3H3,(H,9,11);4-5H,3,12H2,1-2H3,(H,8,9)(H,10,11). The first-order valence-corrected chi connectivity index (χ1v) is 9.35. The zero-order valence-corrected chi connectivity index (χ0v) is 17.3. The normalized spacial score (nSPS) is 15.0. The third kappa shape index (κ3) is 11.5. The fraction of sp³-hybridized carbons (Fsp3) is 0.733. The number of Topliss-reactive ketones (excluding diaryl/α,β-unsaturated/α-hetero) is 1. The summed E-state index contributed by atoms with van der Waals surface area (Å²) in [6, 6.07) is -1.17. The van der Waals surface area contributed by atoms with Gasteiger partial charge >= 0.3 is 5.97 Å². The first-order chi connectivity index (χ1) is 11.0. The van der Waals surface area contributed by atoms with Crippen LogP contribution in [0.15, 0.2) is 0 Å². The predicted molar refractivity (Wildman–Crippen MR) is 101 cm³/mol. The average molecular weight is 380 g/mol. The molecular formula is C15H30N2O5P2. The molecule has 0 aromatic heterocycles. The first-order valence-electron chi connectivity index (χ1n) is 7.71. The van der Waals surface area contributed by atoms with E-state index in [1.165, 1.54) is 13.8 Å². The van der Waals surface area contributed by atoms with Gasteiger partial charge in [-0.25, -0.2) is 0 Å². The van der Waals surface area contributed by atoms with E-state index in [9.17, 15) is 19.2 Å². The van der Waals surface area contributed by atoms with Gasteiger partial charge in [-0.05, 0) is 33.1 Å². The van der Waals surface area contributed by atoms with Gasteiger partial charge in [-0.15, -0.1) is 18.5 Å². The van der Waals surface area contributed by atoms with Crippen molar-refractivity contribution in [3.05, 3.63) is 0 Å². The van der Waals surface area contributed by atoms with Crippen molar-refractivity contribution < 1.29 is 24.3 Å². The number of ketones is 1. The van der Waals surface area contributed by atoms with Gasteiger partial charge in [-0.3, -0.25) is 19.2 Å². The quantitative estimate of drug-likeness (QED) is 0.536. The number of carbonyl (C=O) groups is 4. The topological polar surface area (TPSA) is 113 Å². The number of carboxylic acid groups (broad SMARTS) is 1. The van der Waals surface area contributed by atoms with Crippen molar-refractivity contribution in [3.63, 3.8) is 0 Å². The maximum Gasteiger partial charge on any atom is 0.325 e. The maximum atomic E-state index is 11.2. The van der Waals surface area contributed by atoms with Crippen molar-refractivity contribution in [2.24, 2.45) is 11.8 Å². The Balaban J connectivity index is 0. The summed E-state index contributed by atoms with van der Waals surface area (Å²) in [5.74, 6) is -1.51. The highest BCUT2D eigenvalue weighted by Gasteiger charge is 2.17. The Hall–Kier alpha value is -1.06. The Bertz CT molecular complexity index is 406. The number of carbonyl (C=O) groups excluding carboxylic acids is 3. The minimum atomic E-state index is -1.01. The van der Waals surface area contributed by atoms with E-state index in [4.69, 9.17) is 5.11 Å². The molecule has 0 aromatic rings. The van der Waals surface area contributed by atoms with Crippen molar-refractivity contribution >= 4 is 42.0 Å². The second-order valence-electron chi connectivity index (χ2n) is 5.68. The van der Waals surface area contributed by atoms with Gasteiger partial charge in [0, 0.05) is 11.8 Å². The minimum absolute atomic E-state index is 0.0145. The molecule has 0 aliphatic carbocycles. The van der Waals surface area contributed by atoms with Crippen LogP contribution in [0.4, 0.5) is 0 Å². The molecule has 2 amide bonds. The Morgan fingerprint density at radius 2 is 1.17 bits per heavy atom. The van der Waals surface area contributed by atoms with Crippen molar-refractivity contribution in [3.8, 4) is 0 Å². The van der Waals surface area contributed by atoms with E-state index in [0.717, 1.165) is 6.16 Å². The molecule has 0 heterocycles. The SMILES string of the molecule is CC(=O)C(C)NC(=O)C(C)CP.CC(CP)C(=O)NC(C)C(=O)O. The number of nitrogens with one attached hydrogen (secondary N) is 2. The second-order valence-corrected chi connectivity index (χ2v) is 6.63. The largest absolute Gasteiger partial charge is 0.480 e. The molecule has 24 heavy (non-hydrogen) atoms. The molecule has 0 saturated carbocycles. The van der Waals surface area contributed by atoms with Gasteiger partial charge in [-0.1, -0.05) is 13.8 Å². The minimum Gasteiger partial charge on any atom is -0.480 e. The van der Waals surface area contributed by atoms with Crippen LogP contribution in [0, 0.1) is 11.8 Å². The molecule has 3 N–H and O–H groups in total. The average Bonchev–Trinajstić information content (AvgIpc) is 2.53. The molecular weight excluding hydrogens is 350 g/mol. The van der Waals surface area contributed by atoms with Crippen LogP contribution in [0.2, 0.25) is 0 Å². The molecule has 0 aliphatic heterocycles. The molecule has 0 aromatic carbocycles. The monoisotopic (exact) mass is 380 g/mol. The van der Waals surface area contributed by atoms with Gasteiger partial charge in [0.05, 0.1) is 6.04 Å². The number of hydrogen-bond acceptors (Lipinski definition) is 4. The van der Waals surface area contributed by atoms with Crippen LogP contribution in [-0.2, 0) is 19.2 Å². The highest BCUT2D eigenvalue weighted by Crippen LogP contribution is 2.01. The number of aliphatic carboxylic acids is 1. The summed E-state index contributed by atoms with van der Waals surface area (Å²) in [7, 11) is 4.94. The second kappa shape index (κ2) is 13.3. The van der Waals surface area contributed by atoms with E-state index >= 15 is 0 Å². The van der Waals surface area contributed by atoms with E-state index in [-0.39, 0.29) is 35.5 Å². The zero-order valence-electron chi connectivity index (χ0n) is 15.0. The Labute approximate surface area is 148 Å². The van der Waals surface area contributed by atoms with Crippen LogP contribution in [0.25, 0.3) is 0 Å². The molecule has 9 heteroatoms. The van der Waals surface area contributed by atoms with Crippen molar-refractivity contribution in [2.75, 3.05) is 12.3 Å². The van der Waals surface area contributed by atoms with Crippen LogP contribution in [0.1, 0.15) is 34.6 Å². The highest BCUT2D eigenvalue weighted by molar-refractivity contribution is 7.16. The summed E-state index contributed by atoms with van der Waals surface area (Å²) < 4.78 is 0. The lowest BCUT2D eigenvalue weighted by atomic mass is 10.1. The third-order valence-corrected chi connectivity index (χ3v) is 4.71. The van der Waals surface area contributed by atoms with Gasteiger partial charge in [-0.2, -0.15) is 0 Å². The predicted octanol–water partition coefficient (Wildman–Crippen LogP) is 0.678. The summed E-state index contributed by atoms with van der Waals surface area (Å²) in [6.07, 6.45) is 1.36. The van der Waals surface area contributed by atoms with Gasteiger partial charge in [0.15, 0.2) is 5.78 Å². The van der Waals surface area contributed by atoms with E-state index in [1.54, 1.807) is 13.8 Å². The lowest BCUT2D eigenvalue weighted by molar-refractivity contribution is -0.141. The lowest BCUT2D eigenvalue weighted by Gasteiger charge is -2.13. The fourth-order valence-corrected chi connectivity index (χ4v) is 1.52. The summed E-state index contributed by atoms with van der Waals surface area (Å²) in [6.45, 7) is 8.17. The fourth-order valence-electron chi connectivity index (χ4n) is 1.09. The molecule has 0 bridgehead atoms. The zero-order chi connectivity index (χ0) is 19.4. The molecule has 6 unspecified atom stereocenters. The van der Waals surface area contributed by atoms with Crippen LogP contribution in [-0.4, -0.2) is 53.1 Å². The van der Waals surface area contributed by atoms with Crippen LogP contribution in [0.3, 0.4) is 0 Å². The Kier molecular flexibility index (Phi) is 13.9. The van der Waals surface area contributed by atoms with Gasteiger partial charge in [0.2, 0.25) is 11.8 Å². The van der Waals surface area contributed by atoms with Crippen LogP contribution in [0.5, 0.6) is 0 Å². The molecule has 6 atom stereocenters. The summed E-state index contributed by atoms with van der Waals surface area (Å²) >= 11 is 0. The molecule has 0 spiro atoms. The molecule has 7 nitrogen and oxygen atoms in total. The Morgan fingerprint density at radius 3 is 1.42 bits per heavy atom. The maximum absolute atomic E-state index is 11.2. The molecule has 0 rings (SSSR count). The lowest BCUT2D eigenvalue weighted by Crippen LogP contribution is -2.41. The molecule has 0 fully saturated rings. The van der Waals surface area contributed by atoms with E-state index in [2.05, 4.69) is 29.1 Å². The van der Waals surface area contributed by atoms with Gasteiger partial charge in [0.1, 0.15) is 6.04 Å². The summed E-state index contributed by atoms with van der Waals surface area (Å²) in [4.78, 5) is 43.4. The third-order valence-electron chi connectivity index (χ3n) is 3.30. The van der Waals surface area contributed by atoms with Crippen molar-refractivity contribution in [2.45, 2.75) is 46.7 Å². The number of amides is 2. The number of rotatable bonds is 8. The highest BCUT2D eigenvalue weighted by atomic mass is 31.0. The molecule has 0 radical (unpaired) electrons. The van der Waals surface area contributed by atoms with Crippen molar-refractivity contribution in [1.82, 2.24) is 10.6 Å². The van der Waals surface area contributed by atoms with Gasteiger partial charge in [0.25, 0.3) is 0 Å². The molecule has 0 saturated heterocycles. The number of carboxylic acids is 1. The smallest absolute Gasteiger partial charge is 0.325 e.